The maximum Gasteiger partial charge on any atom is 0.353 e. The second-order valence-corrected chi connectivity index (χ2v) is 6.24. The summed E-state index contributed by atoms with van der Waals surface area (Å²) >= 11 is 0. The standard InChI is InChI=1S/C15H17O4P/c16-12-20(17,18)19-15(14-9-5-2-6-10-14)11-13-7-3-1-4-8-13/h1-10,15-16H,11-12H2,(H,17,18). The fourth-order valence-corrected chi connectivity index (χ4v) is 2.60. The minimum absolute atomic E-state index is 0.468. The third-order valence-electron chi connectivity index (χ3n) is 2.91. The molecule has 2 aromatic carbocycles. The topological polar surface area (TPSA) is 66.8 Å². The van der Waals surface area contributed by atoms with Crippen LogP contribution in [0.3, 0.4) is 0 Å². The molecule has 0 radical (unpaired) electrons. The van der Waals surface area contributed by atoms with Crippen LogP contribution >= 0.6 is 7.60 Å². The lowest BCUT2D eigenvalue weighted by atomic mass is 10.0. The van der Waals surface area contributed by atoms with Gasteiger partial charge in [0.25, 0.3) is 0 Å². The van der Waals surface area contributed by atoms with Crippen molar-refractivity contribution in [1.29, 1.82) is 0 Å². The molecule has 106 valence electrons. The van der Waals surface area contributed by atoms with Gasteiger partial charge in [-0.2, -0.15) is 0 Å². The molecular weight excluding hydrogens is 275 g/mol. The zero-order chi connectivity index (χ0) is 14.4. The van der Waals surface area contributed by atoms with Gasteiger partial charge in [-0.3, -0.25) is 9.09 Å². The lowest BCUT2D eigenvalue weighted by Crippen LogP contribution is -2.08. The van der Waals surface area contributed by atoms with Gasteiger partial charge in [0, 0.05) is 6.42 Å². The molecule has 0 aliphatic carbocycles. The molecule has 2 N–H and O–H groups in total. The smallest absolute Gasteiger partial charge is 0.353 e. The van der Waals surface area contributed by atoms with Crippen molar-refractivity contribution < 1.29 is 19.1 Å². The third kappa shape index (κ3) is 4.29. The largest absolute Gasteiger partial charge is 0.384 e. The Bertz CT molecular complexity index is 571. The van der Waals surface area contributed by atoms with Crippen molar-refractivity contribution in [2.45, 2.75) is 12.5 Å². The number of benzene rings is 2. The zero-order valence-corrected chi connectivity index (χ0v) is 11.8. The van der Waals surface area contributed by atoms with Crippen molar-refractivity contribution in [3.8, 4) is 0 Å². The van der Waals surface area contributed by atoms with Crippen LogP contribution in [0.4, 0.5) is 0 Å². The number of hydrogen-bond acceptors (Lipinski definition) is 3. The monoisotopic (exact) mass is 292 g/mol. The summed E-state index contributed by atoms with van der Waals surface area (Å²) in [5, 5.41) is 8.92. The highest BCUT2D eigenvalue weighted by molar-refractivity contribution is 7.52. The summed E-state index contributed by atoms with van der Waals surface area (Å²) in [5.74, 6) is 0. The molecule has 0 aliphatic rings. The van der Waals surface area contributed by atoms with E-state index in [0.717, 1.165) is 11.1 Å². The molecule has 2 rings (SSSR count). The van der Waals surface area contributed by atoms with E-state index in [9.17, 15) is 9.46 Å². The Morgan fingerprint density at radius 1 is 1.00 bits per heavy atom. The zero-order valence-electron chi connectivity index (χ0n) is 10.9. The van der Waals surface area contributed by atoms with E-state index in [1.165, 1.54) is 0 Å². The first-order valence-corrected chi connectivity index (χ1v) is 8.07. The Kier molecular flexibility index (Phi) is 5.10. The Labute approximate surface area is 118 Å². The lowest BCUT2D eigenvalue weighted by Gasteiger charge is -2.21. The number of aliphatic hydroxyl groups is 1. The van der Waals surface area contributed by atoms with Gasteiger partial charge in [-0.25, -0.2) is 0 Å². The van der Waals surface area contributed by atoms with Crippen LogP contribution in [0.5, 0.6) is 0 Å². The molecule has 20 heavy (non-hydrogen) atoms. The van der Waals surface area contributed by atoms with Gasteiger partial charge in [-0.15, -0.1) is 0 Å². The molecule has 0 aliphatic heterocycles. The summed E-state index contributed by atoms with van der Waals surface area (Å²) in [6, 6.07) is 18.8. The average Bonchev–Trinajstić information content (AvgIpc) is 2.48. The molecule has 0 saturated carbocycles. The highest BCUT2D eigenvalue weighted by Crippen LogP contribution is 2.46. The van der Waals surface area contributed by atoms with E-state index in [1.807, 2.05) is 60.7 Å². The van der Waals surface area contributed by atoms with Crippen LogP contribution in [0, 0.1) is 0 Å². The molecule has 0 saturated heterocycles. The maximum atomic E-state index is 11.6. The van der Waals surface area contributed by atoms with Gasteiger partial charge in [-0.1, -0.05) is 60.7 Å². The highest BCUT2D eigenvalue weighted by Gasteiger charge is 2.25. The lowest BCUT2D eigenvalue weighted by molar-refractivity contribution is 0.158. The molecule has 2 unspecified atom stereocenters. The van der Waals surface area contributed by atoms with E-state index in [0.29, 0.717) is 6.42 Å². The van der Waals surface area contributed by atoms with Crippen LogP contribution in [0.1, 0.15) is 17.2 Å². The highest BCUT2D eigenvalue weighted by atomic mass is 31.2. The molecule has 4 nitrogen and oxygen atoms in total. The SMILES string of the molecule is O=P(O)(CO)OC(Cc1ccccc1)c1ccccc1. The van der Waals surface area contributed by atoms with Crippen LogP contribution in [-0.2, 0) is 15.5 Å². The summed E-state index contributed by atoms with van der Waals surface area (Å²) in [5.41, 5.74) is 1.80. The predicted molar refractivity (Wildman–Crippen MR) is 77.3 cm³/mol. The van der Waals surface area contributed by atoms with Crippen molar-refractivity contribution in [1.82, 2.24) is 0 Å². The number of aliphatic hydroxyl groups excluding tert-OH is 1. The molecule has 0 heterocycles. The van der Waals surface area contributed by atoms with Crippen LogP contribution in [0.2, 0.25) is 0 Å². The van der Waals surface area contributed by atoms with Gasteiger partial charge < -0.3 is 10.00 Å². The van der Waals surface area contributed by atoms with Crippen LogP contribution < -0.4 is 0 Å². The first kappa shape index (κ1) is 14.9. The summed E-state index contributed by atoms with van der Waals surface area (Å²) in [6.45, 7) is 0. The average molecular weight is 292 g/mol. The molecule has 0 bridgehead atoms. The Balaban J connectivity index is 2.23. The second-order valence-electron chi connectivity index (χ2n) is 4.47. The fourth-order valence-electron chi connectivity index (χ4n) is 1.94. The van der Waals surface area contributed by atoms with Gasteiger partial charge in [0.1, 0.15) is 6.35 Å². The normalized spacial score (nSPS) is 15.5. The third-order valence-corrected chi connectivity index (χ3v) is 3.85. The molecular formula is C15H17O4P. The first-order chi connectivity index (χ1) is 9.61. The Morgan fingerprint density at radius 2 is 1.55 bits per heavy atom. The fraction of sp³-hybridized carbons (Fsp3) is 0.200. The maximum absolute atomic E-state index is 11.6. The minimum Gasteiger partial charge on any atom is -0.384 e. The van der Waals surface area contributed by atoms with Gasteiger partial charge in [0.2, 0.25) is 0 Å². The summed E-state index contributed by atoms with van der Waals surface area (Å²) < 4.78 is 16.9. The molecule has 0 spiro atoms. The van der Waals surface area contributed by atoms with E-state index in [2.05, 4.69) is 0 Å². The van der Waals surface area contributed by atoms with Gasteiger partial charge in [-0.05, 0) is 11.1 Å². The van der Waals surface area contributed by atoms with Crippen LogP contribution in [-0.4, -0.2) is 16.3 Å². The number of hydrogen-bond donors (Lipinski definition) is 2. The molecule has 0 fully saturated rings. The Morgan fingerprint density at radius 3 is 2.10 bits per heavy atom. The van der Waals surface area contributed by atoms with Crippen molar-refractivity contribution in [2.75, 3.05) is 6.35 Å². The van der Waals surface area contributed by atoms with Crippen molar-refractivity contribution in [3.05, 3.63) is 71.8 Å². The van der Waals surface area contributed by atoms with Gasteiger partial charge in [0.05, 0.1) is 6.10 Å². The van der Waals surface area contributed by atoms with Crippen molar-refractivity contribution >= 4 is 7.60 Å². The molecule has 5 heteroatoms. The van der Waals surface area contributed by atoms with Crippen LogP contribution in [0.25, 0.3) is 0 Å². The second kappa shape index (κ2) is 6.82. The van der Waals surface area contributed by atoms with E-state index in [-0.39, 0.29) is 0 Å². The minimum atomic E-state index is -3.98. The molecule has 0 amide bonds. The van der Waals surface area contributed by atoms with E-state index in [4.69, 9.17) is 9.63 Å². The Hall–Kier alpha value is -1.45. The van der Waals surface area contributed by atoms with Crippen LogP contribution in [0.15, 0.2) is 60.7 Å². The quantitative estimate of drug-likeness (QED) is 0.803. The molecule has 0 aromatic heterocycles. The summed E-state index contributed by atoms with van der Waals surface area (Å²) in [6.07, 6.45) is -0.984. The van der Waals surface area contributed by atoms with Crippen molar-refractivity contribution in [2.24, 2.45) is 0 Å². The summed E-state index contributed by atoms with van der Waals surface area (Å²) in [7, 11) is -3.98. The van der Waals surface area contributed by atoms with Gasteiger partial charge >= 0.3 is 7.60 Å². The van der Waals surface area contributed by atoms with E-state index >= 15 is 0 Å². The molecule has 2 aromatic rings. The summed E-state index contributed by atoms with van der Waals surface area (Å²) in [4.78, 5) is 9.52. The predicted octanol–water partition coefficient (Wildman–Crippen LogP) is 3.12. The van der Waals surface area contributed by atoms with E-state index < -0.39 is 20.0 Å². The molecule has 2 atom stereocenters. The first-order valence-electron chi connectivity index (χ1n) is 6.31. The number of rotatable bonds is 6. The van der Waals surface area contributed by atoms with Crippen molar-refractivity contribution in [3.63, 3.8) is 0 Å². The van der Waals surface area contributed by atoms with E-state index in [1.54, 1.807) is 0 Å². The van der Waals surface area contributed by atoms with Gasteiger partial charge in [0.15, 0.2) is 0 Å².